The number of methoxy groups -OCH3 is 1. The maximum atomic E-state index is 14.9. The van der Waals surface area contributed by atoms with Gasteiger partial charge in [-0.15, -0.1) is 0 Å². The van der Waals surface area contributed by atoms with Crippen molar-refractivity contribution in [1.29, 1.82) is 0 Å². The lowest BCUT2D eigenvalue weighted by Crippen LogP contribution is -2.61. The maximum Gasteiger partial charge on any atom is 0.418 e. The van der Waals surface area contributed by atoms with Crippen LogP contribution < -0.4 is 5.32 Å². The van der Waals surface area contributed by atoms with Gasteiger partial charge >= 0.3 is 24.2 Å². The van der Waals surface area contributed by atoms with Crippen molar-refractivity contribution < 1.29 is 57.5 Å². The third-order valence-corrected chi connectivity index (χ3v) is 13.9. The average molecular weight is 879 g/mol. The molecule has 61 heavy (non-hydrogen) atoms. The second-order valence-corrected chi connectivity index (χ2v) is 18.3. The van der Waals surface area contributed by atoms with E-state index in [1.165, 1.54) is 7.11 Å². The second kappa shape index (κ2) is 19.9. The van der Waals surface area contributed by atoms with Crippen molar-refractivity contribution >= 4 is 41.6 Å². The molecule has 17 heteroatoms. The predicted molar refractivity (Wildman–Crippen MR) is 225 cm³/mol. The van der Waals surface area contributed by atoms with Gasteiger partial charge in [-0.05, 0) is 84.7 Å². The van der Waals surface area contributed by atoms with Gasteiger partial charge in [0.1, 0.15) is 24.1 Å². The lowest BCUT2D eigenvalue weighted by Gasteiger charge is -2.48. The van der Waals surface area contributed by atoms with Crippen molar-refractivity contribution in [2.45, 2.75) is 148 Å². The van der Waals surface area contributed by atoms with Crippen molar-refractivity contribution in [1.82, 2.24) is 20.0 Å². The van der Waals surface area contributed by atoms with Gasteiger partial charge in [-0.3, -0.25) is 14.5 Å². The Hall–Kier alpha value is -3.54. The number of aliphatic hydroxyl groups is 1. The monoisotopic (exact) mass is 878 g/mol. The van der Waals surface area contributed by atoms with Crippen LogP contribution in [0.4, 0.5) is 14.4 Å². The Morgan fingerprint density at radius 2 is 1.72 bits per heavy atom. The van der Waals surface area contributed by atoms with Gasteiger partial charge in [-0.1, -0.05) is 58.4 Å². The molecule has 4 fully saturated rings. The number of amides is 4. The first-order chi connectivity index (χ1) is 28.7. The molecule has 5 rings (SSSR count). The number of hydrogen-bond donors (Lipinski definition) is 2. The number of nitrogens with one attached hydrogen (secondary N) is 1. The van der Waals surface area contributed by atoms with Crippen molar-refractivity contribution in [2.75, 3.05) is 40.3 Å². The first kappa shape index (κ1) is 48.5. The van der Waals surface area contributed by atoms with Gasteiger partial charge < -0.3 is 43.7 Å². The number of esters is 1. The Labute approximate surface area is 365 Å². The molecular formula is C44H67ClN4O12. The molecule has 0 spiro atoms. The van der Waals surface area contributed by atoms with E-state index in [-0.39, 0.29) is 50.4 Å². The first-order valence-corrected chi connectivity index (χ1v) is 22.1. The number of imide groups is 1. The Kier molecular flexibility index (Phi) is 15.8. The second-order valence-electron chi connectivity index (χ2n) is 17.8. The molecule has 0 unspecified atom stereocenters. The smallest absolute Gasteiger partial charge is 0.418 e. The number of Topliss-reactive ketones (excluding diaryl/α,β-unsaturated/α-hetero) is 1. The zero-order valence-electron chi connectivity index (χ0n) is 37.6. The zero-order valence-corrected chi connectivity index (χ0v) is 38.3. The minimum absolute atomic E-state index is 0.0506. The molecule has 4 aliphatic heterocycles. The quantitative estimate of drug-likeness (QED) is 0.224. The lowest BCUT2D eigenvalue weighted by molar-refractivity contribution is -0.301. The van der Waals surface area contributed by atoms with E-state index in [0.717, 1.165) is 10.5 Å². The number of aliphatic hydroxyl groups excluding tert-OH is 1. The van der Waals surface area contributed by atoms with Gasteiger partial charge in [-0.2, -0.15) is 0 Å². The molecule has 16 nitrogen and oxygen atoms in total. The highest BCUT2D eigenvalue weighted by molar-refractivity contribution is 6.30. The number of cyclic esters (lactones) is 1. The van der Waals surface area contributed by atoms with E-state index in [0.29, 0.717) is 24.4 Å². The summed E-state index contributed by atoms with van der Waals surface area (Å²) in [6.45, 7) is 17.1. The average Bonchev–Trinajstić information content (AvgIpc) is 3.78. The number of urea groups is 1. The fourth-order valence-corrected chi connectivity index (χ4v) is 10.1. The summed E-state index contributed by atoms with van der Waals surface area (Å²) in [7, 11) is 3.40. The van der Waals surface area contributed by atoms with Crippen molar-refractivity contribution in [3.8, 4) is 0 Å². The highest BCUT2D eigenvalue weighted by Crippen LogP contribution is 2.44. The molecule has 0 bridgehead atoms. The van der Waals surface area contributed by atoms with Gasteiger partial charge in [0, 0.05) is 49.0 Å². The molecular weight excluding hydrogens is 812 g/mol. The van der Waals surface area contributed by atoms with E-state index in [4.69, 9.17) is 40.0 Å². The van der Waals surface area contributed by atoms with Crippen molar-refractivity contribution in [3.05, 3.63) is 34.9 Å². The Morgan fingerprint density at radius 3 is 2.31 bits per heavy atom. The van der Waals surface area contributed by atoms with E-state index in [9.17, 15) is 29.1 Å². The molecule has 0 radical (unpaired) electrons. The summed E-state index contributed by atoms with van der Waals surface area (Å²) in [5, 5.41) is 15.0. The topological polar surface area (TPSA) is 183 Å². The van der Waals surface area contributed by atoms with Crippen LogP contribution in [-0.4, -0.2) is 150 Å². The summed E-state index contributed by atoms with van der Waals surface area (Å²) >= 11 is 6.14. The summed E-state index contributed by atoms with van der Waals surface area (Å²) < 4.78 is 38.1. The molecule has 342 valence electrons. The van der Waals surface area contributed by atoms with Crippen LogP contribution in [0.3, 0.4) is 0 Å². The molecule has 1 aromatic carbocycles. The number of rotatable bonds is 10. The molecule has 0 aliphatic carbocycles. The molecule has 4 amide bonds. The van der Waals surface area contributed by atoms with E-state index in [1.54, 1.807) is 65.5 Å². The van der Waals surface area contributed by atoms with Crippen LogP contribution in [0.15, 0.2) is 24.3 Å². The van der Waals surface area contributed by atoms with E-state index < -0.39 is 95.8 Å². The number of benzene rings is 1. The number of likely N-dealkylation sites (N-methyl/N-ethyl adjacent to an activating group) is 1. The normalized spacial score (nSPS) is 37.8. The van der Waals surface area contributed by atoms with Gasteiger partial charge in [0.2, 0.25) is 0 Å². The number of ether oxygens (including phenoxy) is 6. The summed E-state index contributed by atoms with van der Waals surface area (Å²) in [5.41, 5.74) is -1.91. The first-order valence-electron chi connectivity index (χ1n) is 21.7. The van der Waals surface area contributed by atoms with Crippen LogP contribution in [-0.2, 0) is 44.4 Å². The molecule has 4 aliphatic rings. The lowest BCUT2D eigenvalue weighted by atomic mass is 9.73. The Bertz CT molecular complexity index is 1740. The fraction of sp³-hybridized carbons (Fsp3) is 0.750. The number of nitrogens with zero attached hydrogens (tertiary/aromatic N) is 3. The largest absolute Gasteiger partial charge is 0.458 e. The number of carbonyl (C=O) groups excluding carboxylic acids is 5. The Balaban J connectivity index is 1.61. The number of halogens is 1. The number of fused-ring (bicyclic) bond motifs is 1. The number of carbonyl (C=O) groups is 5. The molecule has 0 saturated carbocycles. The van der Waals surface area contributed by atoms with Crippen LogP contribution in [0.2, 0.25) is 5.02 Å². The molecule has 4 heterocycles. The third-order valence-electron chi connectivity index (χ3n) is 13.6. The van der Waals surface area contributed by atoms with Gasteiger partial charge in [0.25, 0.3) is 0 Å². The van der Waals surface area contributed by atoms with Gasteiger partial charge in [0.05, 0.1) is 36.3 Å². The van der Waals surface area contributed by atoms with Crippen LogP contribution in [0.1, 0.15) is 87.1 Å². The Morgan fingerprint density at radius 1 is 1.05 bits per heavy atom. The minimum Gasteiger partial charge on any atom is -0.458 e. The molecule has 1 aromatic rings. The van der Waals surface area contributed by atoms with E-state index in [1.807, 2.05) is 37.9 Å². The maximum absolute atomic E-state index is 14.9. The van der Waals surface area contributed by atoms with Crippen LogP contribution in [0.5, 0.6) is 0 Å². The van der Waals surface area contributed by atoms with E-state index >= 15 is 0 Å². The number of ketones is 1. The summed E-state index contributed by atoms with van der Waals surface area (Å²) in [4.78, 5) is 74.4. The van der Waals surface area contributed by atoms with Crippen LogP contribution in [0, 0.1) is 23.7 Å². The van der Waals surface area contributed by atoms with Crippen LogP contribution >= 0.6 is 11.6 Å². The van der Waals surface area contributed by atoms with Crippen molar-refractivity contribution in [2.24, 2.45) is 23.7 Å². The summed E-state index contributed by atoms with van der Waals surface area (Å²) in [6, 6.07) is 5.46. The molecule has 0 aromatic heterocycles. The third kappa shape index (κ3) is 10.1. The minimum atomic E-state index is -1.48. The molecule has 2 N–H and O–H groups in total. The molecule has 4 saturated heterocycles. The van der Waals surface area contributed by atoms with E-state index in [2.05, 4.69) is 5.32 Å². The van der Waals surface area contributed by atoms with Gasteiger partial charge in [0.15, 0.2) is 11.9 Å². The van der Waals surface area contributed by atoms with Gasteiger partial charge in [-0.25, -0.2) is 19.3 Å². The van der Waals surface area contributed by atoms with Crippen molar-refractivity contribution in [3.63, 3.8) is 0 Å². The summed E-state index contributed by atoms with van der Waals surface area (Å²) in [5.74, 6) is -4.56. The highest BCUT2D eigenvalue weighted by atomic mass is 35.5. The zero-order chi connectivity index (χ0) is 45.1. The summed E-state index contributed by atoms with van der Waals surface area (Å²) in [6.07, 6.45) is -6.40. The molecule has 14 atom stereocenters. The standard InChI is InChI=1S/C44H67ClN4O12/c1-12-32-44(9)36(48(42(55)61-44)20-18-29-14-16-30(45)17-15-29)26(5)33(50)24(3)23-43(8,56-11)37(60-39-34(51)31(47(10)13-2)22-25(4)57-39)27(6)35(28(7)38(52)58-32)59-41(54)49-21-19-46-40(49)53/h14-17,24-28,31-32,34-37,39,51H,12-13,18-23H2,1-11H3,(H,46,53)/t24-,25-,26-,27+,28-,31+,32+,34-,35-,36-,37-,39+,43+,44-/m1/s1. The van der Waals surface area contributed by atoms with Crippen LogP contribution in [0.25, 0.3) is 0 Å². The fourth-order valence-electron chi connectivity index (χ4n) is 9.94. The number of hydrogen-bond acceptors (Lipinski definition) is 13. The SMILES string of the molecule is CC[C@@H]1OC(=O)[C@H](C)[C@H](OC(=O)N2CCNC2=O)[C@H](C)[C@@H](O[C@@H]2O[C@H](C)C[C@H](N(C)CC)[C@H]2O)[C@@](C)(OC)C[C@@H](C)C(=O)[C@@H](C)[C@H]2N(CCc3ccc(Cl)cc3)C(=O)O[C@]12C. The highest BCUT2D eigenvalue weighted by Gasteiger charge is 2.60. The predicted octanol–water partition coefficient (Wildman–Crippen LogP) is 5.44.